The second kappa shape index (κ2) is 16.4. The highest BCUT2D eigenvalue weighted by molar-refractivity contribution is 7.80. The predicted octanol–water partition coefficient (Wildman–Crippen LogP) is 1.74. The Morgan fingerprint density at radius 3 is 1.76 bits per heavy atom. The molecular formula is C19H40N8S2. The highest BCUT2D eigenvalue weighted by Gasteiger charge is 2.09. The van der Waals surface area contributed by atoms with Gasteiger partial charge in [0.25, 0.3) is 0 Å². The minimum Gasteiger partial charge on any atom is -0.360 e. The molecule has 29 heavy (non-hydrogen) atoms. The summed E-state index contributed by atoms with van der Waals surface area (Å²) in [5.74, 6) is 0. The average Bonchev–Trinajstić information content (AvgIpc) is 2.72. The maximum absolute atomic E-state index is 5.29. The van der Waals surface area contributed by atoms with E-state index < -0.39 is 0 Å². The third-order valence-corrected chi connectivity index (χ3v) is 5.25. The number of hydrogen-bond acceptors (Lipinski definition) is 6. The van der Waals surface area contributed by atoms with E-state index in [2.05, 4.69) is 76.1 Å². The quantitative estimate of drug-likeness (QED) is 0.194. The first kappa shape index (κ1) is 27.6. The molecule has 0 fully saturated rings. The molecule has 8 nitrogen and oxygen atoms in total. The summed E-state index contributed by atoms with van der Waals surface area (Å²) in [6.07, 6.45) is 0. The summed E-state index contributed by atoms with van der Waals surface area (Å²) < 4.78 is 0. The molecule has 0 aromatic heterocycles. The molecule has 0 heterocycles. The van der Waals surface area contributed by atoms with E-state index in [1.54, 1.807) is 0 Å². The van der Waals surface area contributed by atoms with Crippen molar-refractivity contribution < 1.29 is 0 Å². The summed E-state index contributed by atoms with van der Waals surface area (Å²) >= 11 is 10.5. The minimum atomic E-state index is 0.401. The van der Waals surface area contributed by atoms with Gasteiger partial charge in [-0.25, -0.2) is 0 Å². The lowest BCUT2D eigenvalue weighted by Crippen LogP contribution is -2.44. The molecule has 1 unspecified atom stereocenters. The molecule has 0 aromatic rings. The van der Waals surface area contributed by atoms with Crippen LogP contribution in [0.4, 0.5) is 0 Å². The highest BCUT2D eigenvalue weighted by atomic mass is 32.1. The second-order valence-electron chi connectivity index (χ2n) is 6.68. The molecule has 0 bridgehead atoms. The van der Waals surface area contributed by atoms with Crippen molar-refractivity contribution in [1.82, 2.24) is 31.3 Å². The summed E-state index contributed by atoms with van der Waals surface area (Å²) in [4.78, 5) is 4.69. The number of nitrogens with zero attached hydrogens (tertiary/aromatic N) is 4. The van der Waals surface area contributed by atoms with Crippen LogP contribution in [-0.2, 0) is 0 Å². The zero-order valence-corrected chi connectivity index (χ0v) is 20.8. The average molecular weight is 445 g/mol. The number of rotatable bonds is 13. The number of nitrogens with one attached hydrogen (secondary N) is 4. The van der Waals surface area contributed by atoms with E-state index in [0.717, 1.165) is 57.2 Å². The van der Waals surface area contributed by atoms with Crippen LogP contribution in [0, 0.1) is 0 Å². The van der Waals surface area contributed by atoms with Gasteiger partial charge in [0.05, 0.1) is 11.4 Å². The van der Waals surface area contributed by atoms with Crippen molar-refractivity contribution in [2.75, 3.05) is 45.8 Å². The molecule has 0 aromatic carbocycles. The Kier molecular flexibility index (Phi) is 15.7. The zero-order chi connectivity index (χ0) is 22.2. The first-order chi connectivity index (χ1) is 13.8. The van der Waals surface area contributed by atoms with Gasteiger partial charge in [0.15, 0.2) is 10.2 Å². The van der Waals surface area contributed by atoms with Gasteiger partial charge in [0, 0.05) is 25.7 Å². The lowest BCUT2D eigenvalue weighted by Gasteiger charge is -2.26. The molecule has 0 rings (SSSR count). The van der Waals surface area contributed by atoms with Crippen LogP contribution in [0.5, 0.6) is 0 Å². The maximum Gasteiger partial charge on any atom is 0.187 e. The Morgan fingerprint density at radius 2 is 1.31 bits per heavy atom. The van der Waals surface area contributed by atoms with E-state index in [1.807, 2.05) is 13.8 Å². The molecule has 0 saturated carbocycles. The minimum absolute atomic E-state index is 0.401. The van der Waals surface area contributed by atoms with Gasteiger partial charge >= 0.3 is 0 Å². The van der Waals surface area contributed by atoms with E-state index >= 15 is 0 Å². The van der Waals surface area contributed by atoms with Gasteiger partial charge in [-0.05, 0) is 71.4 Å². The topological polar surface area (TPSA) is 79.3 Å². The van der Waals surface area contributed by atoms with Gasteiger partial charge in [-0.15, -0.1) is 0 Å². The Balaban J connectivity index is 4.31. The highest BCUT2D eigenvalue weighted by Crippen LogP contribution is 1.96. The van der Waals surface area contributed by atoms with E-state index in [4.69, 9.17) is 24.4 Å². The van der Waals surface area contributed by atoms with Crippen molar-refractivity contribution >= 4 is 46.1 Å². The Hall–Kier alpha value is -1.36. The zero-order valence-electron chi connectivity index (χ0n) is 19.1. The van der Waals surface area contributed by atoms with Crippen molar-refractivity contribution in [2.24, 2.45) is 10.2 Å². The SMILES string of the molecule is CCN(CC)CCNC(=S)N/N=C(C)\C(C)=N/NC(=S)NCC(C)N(CC)CC. The Morgan fingerprint density at radius 1 is 0.828 bits per heavy atom. The summed E-state index contributed by atoms with van der Waals surface area (Å²) in [6, 6.07) is 0.401. The third-order valence-electron chi connectivity index (χ3n) is 4.78. The van der Waals surface area contributed by atoms with Gasteiger partial charge in [-0.2, -0.15) is 10.2 Å². The first-order valence-electron chi connectivity index (χ1n) is 10.4. The van der Waals surface area contributed by atoms with E-state index in [-0.39, 0.29) is 0 Å². The molecule has 0 radical (unpaired) electrons. The molecule has 0 aliphatic rings. The fraction of sp³-hybridized carbons (Fsp3) is 0.789. The molecule has 10 heteroatoms. The fourth-order valence-corrected chi connectivity index (χ4v) is 2.87. The second-order valence-corrected chi connectivity index (χ2v) is 7.50. The monoisotopic (exact) mass is 444 g/mol. The predicted molar refractivity (Wildman–Crippen MR) is 134 cm³/mol. The van der Waals surface area contributed by atoms with Crippen LogP contribution in [0.1, 0.15) is 48.5 Å². The van der Waals surface area contributed by atoms with Crippen molar-refractivity contribution in [1.29, 1.82) is 0 Å². The van der Waals surface area contributed by atoms with Gasteiger partial charge < -0.3 is 15.5 Å². The van der Waals surface area contributed by atoms with Crippen molar-refractivity contribution in [3.63, 3.8) is 0 Å². The summed E-state index contributed by atoms with van der Waals surface area (Å²) in [5.41, 5.74) is 7.17. The summed E-state index contributed by atoms with van der Waals surface area (Å²) in [6.45, 7) is 21.1. The van der Waals surface area contributed by atoms with Gasteiger partial charge in [-0.1, -0.05) is 27.7 Å². The lowest BCUT2D eigenvalue weighted by molar-refractivity contribution is 0.232. The molecule has 0 aliphatic heterocycles. The van der Waals surface area contributed by atoms with Crippen LogP contribution >= 0.6 is 24.4 Å². The van der Waals surface area contributed by atoms with Crippen LogP contribution in [0.3, 0.4) is 0 Å². The molecule has 0 saturated heterocycles. The van der Waals surface area contributed by atoms with Gasteiger partial charge in [-0.3, -0.25) is 15.8 Å². The molecule has 0 aliphatic carbocycles. The van der Waals surface area contributed by atoms with Crippen molar-refractivity contribution in [3.05, 3.63) is 0 Å². The van der Waals surface area contributed by atoms with E-state index in [1.165, 1.54) is 0 Å². The largest absolute Gasteiger partial charge is 0.360 e. The Bertz CT molecular complexity index is 542. The summed E-state index contributed by atoms with van der Waals surface area (Å²) in [7, 11) is 0. The maximum atomic E-state index is 5.29. The van der Waals surface area contributed by atoms with Gasteiger partial charge in [0.2, 0.25) is 0 Å². The van der Waals surface area contributed by atoms with Crippen LogP contribution in [0.15, 0.2) is 10.2 Å². The molecule has 0 spiro atoms. The standard InChI is InChI=1S/C19H40N8S2/c1-8-26(9-2)13-12-20-18(28)24-22-16(6)17(7)23-25-19(29)21-14-15(5)27(10-3)11-4/h15H,8-14H2,1-7H3,(H2,20,24,28)(H2,21,25,29)/b22-16-,23-17-. The van der Waals surface area contributed by atoms with E-state index in [0.29, 0.717) is 16.3 Å². The van der Waals surface area contributed by atoms with Crippen LogP contribution in [0.25, 0.3) is 0 Å². The molecule has 168 valence electrons. The van der Waals surface area contributed by atoms with Crippen LogP contribution < -0.4 is 21.5 Å². The smallest absolute Gasteiger partial charge is 0.187 e. The normalized spacial score (nSPS) is 13.4. The number of hydrazone groups is 2. The van der Waals surface area contributed by atoms with Gasteiger partial charge in [0.1, 0.15) is 0 Å². The van der Waals surface area contributed by atoms with Crippen molar-refractivity contribution in [2.45, 2.75) is 54.5 Å². The third kappa shape index (κ3) is 12.7. The number of thiocarbonyl (C=S) groups is 2. The fourth-order valence-electron chi connectivity index (χ4n) is 2.59. The van der Waals surface area contributed by atoms with Crippen LogP contribution in [0.2, 0.25) is 0 Å². The number of hydrogen-bond donors (Lipinski definition) is 4. The Labute approximate surface area is 187 Å². The van der Waals surface area contributed by atoms with Crippen LogP contribution in [-0.4, -0.2) is 83.3 Å². The van der Waals surface area contributed by atoms with Crippen molar-refractivity contribution in [3.8, 4) is 0 Å². The molecular weight excluding hydrogens is 404 g/mol. The summed E-state index contributed by atoms with van der Waals surface area (Å²) in [5, 5.41) is 15.9. The lowest BCUT2D eigenvalue weighted by atomic mass is 10.3. The molecule has 0 amide bonds. The first-order valence-corrected chi connectivity index (χ1v) is 11.2. The number of likely N-dealkylation sites (N-methyl/N-ethyl adjacent to an activating group) is 2. The molecule has 4 N–H and O–H groups in total. The molecule has 1 atom stereocenters. The van der Waals surface area contributed by atoms with E-state index in [9.17, 15) is 0 Å².